The van der Waals surface area contributed by atoms with Crippen molar-refractivity contribution in [3.8, 4) is 0 Å². The van der Waals surface area contributed by atoms with Crippen LogP contribution < -0.4 is 5.32 Å². The van der Waals surface area contributed by atoms with E-state index < -0.39 is 0 Å². The lowest BCUT2D eigenvalue weighted by Crippen LogP contribution is -2.26. The van der Waals surface area contributed by atoms with Crippen LogP contribution in [0.3, 0.4) is 0 Å². The SMILES string of the molecule is C1CCC(Cn2c(C3CC3)nc3c2CCNC3)CC1. The Morgan fingerprint density at radius 1 is 1.11 bits per heavy atom. The maximum Gasteiger partial charge on any atom is 0.112 e. The van der Waals surface area contributed by atoms with Crippen LogP contribution in [-0.2, 0) is 19.5 Å². The topological polar surface area (TPSA) is 29.9 Å². The summed E-state index contributed by atoms with van der Waals surface area (Å²) in [4.78, 5) is 4.98. The molecule has 1 aliphatic heterocycles. The molecule has 3 nitrogen and oxygen atoms in total. The zero-order valence-corrected chi connectivity index (χ0v) is 11.8. The first kappa shape index (κ1) is 12.0. The van der Waals surface area contributed by atoms with Crippen LogP contribution in [0.4, 0.5) is 0 Å². The van der Waals surface area contributed by atoms with Gasteiger partial charge >= 0.3 is 0 Å². The lowest BCUT2D eigenvalue weighted by molar-refractivity contribution is 0.312. The van der Waals surface area contributed by atoms with Crippen LogP contribution in [0.1, 0.15) is 68.1 Å². The van der Waals surface area contributed by atoms with Crippen molar-refractivity contribution in [2.75, 3.05) is 6.54 Å². The van der Waals surface area contributed by atoms with Crippen LogP contribution in [0, 0.1) is 5.92 Å². The van der Waals surface area contributed by atoms with Gasteiger partial charge in [-0.25, -0.2) is 4.98 Å². The number of nitrogens with zero attached hydrogens (tertiary/aromatic N) is 2. The largest absolute Gasteiger partial charge is 0.331 e. The van der Waals surface area contributed by atoms with E-state index in [4.69, 9.17) is 4.98 Å². The van der Waals surface area contributed by atoms with Gasteiger partial charge in [0.1, 0.15) is 5.82 Å². The third-order valence-corrected chi connectivity index (χ3v) is 5.12. The summed E-state index contributed by atoms with van der Waals surface area (Å²) in [6.45, 7) is 3.38. The van der Waals surface area contributed by atoms with E-state index in [9.17, 15) is 0 Å². The van der Waals surface area contributed by atoms with Crippen LogP contribution in [0.25, 0.3) is 0 Å². The molecule has 0 bridgehead atoms. The summed E-state index contributed by atoms with van der Waals surface area (Å²) in [7, 11) is 0. The molecule has 0 amide bonds. The quantitative estimate of drug-likeness (QED) is 0.904. The van der Waals surface area contributed by atoms with Crippen LogP contribution in [0.5, 0.6) is 0 Å². The van der Waals surface area contributed by atoms with Gasteiger partial charge in [-0.15, -0.1) is 0 Å². The van der Waals surface area contributed by atoms with Crippen molar-refractivity contribution in [1.29, 1.82) is 0 Å². The summed E-state index contributed by atoms with van der Waals surface area (Å²) in [5, 5.41) is 3.47. The highest BCUT2D eigenvalue weighted by atomic mass is 15.1. The third-order valence-electron chi connectivity index (χ3n) is 5.12. The number of fused-ring (bicyclic) bond motifs is 1. The first-order chi connectivity index (χ1) is 9.42. The first-order valence-electron chi connectivity index (χ1n) is 8.20. The van der Waals surface area contributed by atoms with Gasteiger partial charge in [-0.3, -0.25) is 0 Å². The van der Waals surface area contributed by atoms with Gasteiger partial charge in [-0.2, -0.15) is 0 Å². The second kappa shape index (κ2) is 4.93. The molecule has 2 heterocycles. The Morgan fingerprint density at radius 3 is 2.74 bits per heavy atom. The minimum atomic E-state index is 0.786. The van der Waals surface area contributed by atoms with Crippen molar-refractivity contribution >= 4 is 0 Å². The molecule has 3 heteroatoms. The van der Waals surface area contributed by atoms with Crippen molar-refractivity contribution < 1.29 is 0 Å². The number of imidazole rings is 1. The fourth-order valence-corrected chi connectivity index (χ4v) is 3.88. The predicted octanol–water partition coefficient (Wildman–Crippen LogP) is 2.99. The highest BCUT2D eigenvalue weighted by molar-refractivity contribution is 5.24. The maximum atomic E-state index is 4.98. The Balaban J connectivity index is 1.62. The molecular weight excluding hydrogens is 234 g/mol. The number of aromatic nitrogens is 2. The lowest BCUT2D eigenvalue weighted by Gasteiger charge is -2.25. The molecule has 4 rings (SSSR count). The molecule has 104 valence electrons. The van der Waals surface area contributed by atoms with Gasteiger partial charge < -0.3 is 9.88 Å². The fourth-order valence-electron chi connectivity index (χ4n) is 3.88. The summed E-state index contributed by atoms with van der Waals surface area (Å²) < 4.78 is 2.64. The van der Waals surface area contributed by atoms with Gasteiger partial charge in [-0.05, 0) is 31.6 Å². The summed E-state index contributed by atoms with van der Waals surface area (Å²) in [6, 6.07) is 0. The highest BCUT2D eigenvalue weighted by Crippen LogP contribution is 2.41. The number of nitrogens with one attached hydrogen (secondary N) is 1. The molecule has 1 aromatic rings. The summed E-state index contributed by atoms with van der Waals surface area (Å²) in [5.41, 5.74) is 2.91. The van der Waals surface area contributed by atoms with Crippen molar-refractivity contribution in [2.45, 2.75) is 70.4 Å². The fraction of sp³-hybridized carbons (Fsp3) is 0.812. The molecule has 0 aromatic carbocycles. The average Bonchev–Trinajstić information content (AvgIpc) is 3.24. The molecule has 1 N–H and O–H groups in total. The minimum absolute atomic E-state index is 0.786. The molecular formula is C16H25N3. The second-order valence-corrected chi connectivity index (χ2v) is 6.68. The smallest absolute Gasteiger partial charge is 0.112 e. The average molecular weight is 259 g/mol. The van der Waals surface area contributed by atoms with E-state index in [0.717, 1.165) is 24.9 Å². The molecule has 0 saturated heterocycles. The van der Waals surface area contributed by atoms with E-state index >= 15 is 0 Å². The third kappa shape index (κ3) is 2.33. The normalized spacial score (nSPS) is 24.4. The molecule has 1 aromatic heterocycles. The molecule has 2 aliphatic carbocycles. The monoisotopic (exact) mass is 259 g/mol. The van der Waals surface area contributed by atoms with E-state index in [0.29, 0.717) is 0 Å². The number of hydrogen-bond donors (Lipinski definition) is 1. The number of rotatable bonds is 3. The minimum Gasteiger partial charge on any atom is -0.331 e. The Hall–Kier alpha value is -0.830. The molecule has 19 heavy (non-hydrogen) atoms. The maximum absolute atomic E-state index is 4.98. The van der Waals surface area contributed by atoms with Crippen LogP contribution in [0.15, 0.2) is 0 Å². The van der Waals surface area contributed by atoms with E-state index in [1.807, 2.05) is 0 Å². The lowest BCUT2D eigenvalue weighted by atomic mass is 9.89. The molecule has 0 spiro atoms. The molecule has 0 radical (unpaired) electrons. The van der Waals surface area contributed by atoms with Gasteiger partial charge in [0.2, 0.25) is 0 Å². The van der Waals surface area contributed by atoms with Crippen LogP contribution >= 0.6 is 0 Å². The van der Waals surface area contributed by atoms with Gasteiger partial charge in [0.25, 0.3) is 0 Å². The van der Waals surface area contributed by atoms with Gasteiger partial charge in [0, 0.05) is 37.7 Å². The Bertz CT molecular complexity index is 453. The zero-order valence-electron chi connectivity index (χ0n) is 11.8. The van der Waals surface area contributed by atoms with Crippen molar-refractivity contribution in [3.05, 3.63) is 17.2 Å². The summed E-state index contributed by atoms with van der Waals surface area (Å²) in [6.07, 6.45) is 11.1. The molecule has 0 unspecified atom stereocenters. The highest BCUT2D eigenvalue weighted by Gasteiger charge is 2.32. The van der Waals surface area contributed by atoms with Gasteiger partial charge in [0.05, 0.1) is 5.69 Å². The van der Waals surface area contributed by atoms with Crippen molar-refractivity contribution in [3.63, 3.8) is 0 Å². The predicted molar refractivity (Wildman–Crippen MR) is 76.2 cm³/mol. The second-order valence-electron chi connectivity index (χ2n) is 6.68. The van der Waals surface area contributed by atoms with Gasteiger partial charge in [0.15, 0.2) is 0 Å². The number of hydrogen-bond acceptors (Lipinski definition) is 2. The van der Waals surface area contributed by atoms with Gasteiger partial charge in [-0.1, -0.05) is 19.3 Å². The molecule has 2 saturated carbocycles. The Labute approximate surface area is 115 Å². The Morgan fingerprint density at radius 2 is 1.95 bits per heavy atom. The van der Waals surface area contributed by atoms with E-state index in [1.54, 1.807) is 5.69 Å². The van der Waals surface area contributed by atoms with E-state index in [2.05, 4.69) is 9.88 Å². The molecule has 0 atom stereocenters. The van der Waals surface area contributed by atoms with Crippen molar-refractivity contribution in [2.24, 2.45) is 5.92 Å². The first-order valence-corrected chi connectivity index (χ1v) is 8.20. The van der Waals surface area contributed by atoms with Crippen LogP contribution in [0.2, 0.25) is 0 Å². The molecule has 2 fully saturated rings. The van der Waals surface area contributed by atoms with E-state index in [-0.39, 0.29) is 0 Å². The zero-order chi connectivity index (χ0) is 12.7. The van der Waals surface area contributed by atoms with E-state index in [1.165, 1.54) is 69.4 Å². The standard InChI is InChI=1S/C16H25N3/c1-2-4-12(5-3-1)11-19-15-8-9-17-10-14(15)18-16(19)13-6-7-13/h12-13,17H,1-11H2. The van der Waals surface area contributed by atoms with Crippen molar-refractivity contribution in [1.82, 2.24) is 14.9 Å². The summed E-state index contributed by atoms with van der Waals surface area (Å²) in [5.74, 6) is 3.13. The summed E-state index contributed by atoms with van der Waals surface area (Å²) >= 11 is 0. The molecule has 3 aliphatic rings. The van der Waals surface area contributed by atoms with Crippen LogP contribution in [-0.4, -0.2) is 16.1 Å². The Kier molecular flexibility index (Phi) is 3.10.